The van der Waals surface area contributed by atoms with Crippen LogP contribution in [0.2, 0.25) is 0 Å². The minimum absolute atomic E-state index is 0.0701. The van der Waals surface area contributed by atoms with Crippen LogP contribution in [-0.4, -0.2) is 63.8 Å². The number of hydrogen-bond donors (Lipinski definition) is 3. The van der Waals surface area contributed by atoms with Crippen molar-refractivity contribution in [3.63, 3.8) is 0 Å². The minimum Gasteiger partial charge on any atom is -0.465 e. The van der Waals surface area contributed by atoms with Crippen molar-refractivity contribution in [1.82, 2.24) is 20.2 Å². The zero-order valence-electron chi connectivity index (χ0n) is 21.6. The Hall–Kier alpha value is -3.38. The highest BCUT2D eigenvalue weighted by Crippen LogP contribution is 2.33. The molecule has 9 nitrogen and oxygen atoms in total. The molecule has 3 heterocycles. The van der Waals surface area contributed by atoms with E-state index < -0.39 is 6.09 Å². The van der Waals surface area contributed by atoms with Gasteiger partial charge in [0.1, 0.15) is 11.9 Å². The molecule has 0 radical (unpaired) electrons. The summed E-state index contributed by atoms with van der Waals surface area (Å²) in [5, 5.41) is 24.7. The van der Waals surface area contributed by atoms with Crippen molar-refractivity contribution >= 4 is 23.4 Å². The van der Waals surface area contributed by atoms with Gasteiger partial charge in [-0.3, -0.25) is 0 Å². The lowest BCUT2D eigenvalue weighted by Gasteiger charge is -2.39. The molecular weight excluding hydrogens is 466 g/mol. The standard InChI is InChI=1S/C28H37N7O2/c1-19-24(32-28(36)37)7-4-14-35(19)26-18-30-25(17-29)27(33-26)31-22-10-8-20(9-11-22)21-12-15-34(16-13-21)23-5-2-3-6-23/h8-11,18-19,21,23-24,32H,2-7,12-16H2,1H3,(H,31,33)(H,36,37)/t19-,24-/m1/s1. The van der Waals surface area contributed by atoms with Crippen LogP contribution in [0.3, 0.4) is 0 Å². The van der Waals surface area contributed by atoms with Crippen LogP contribution in [-0.2, 0) is 0 Å². The quantitative estimate of drug-likeness (QED) is 0.513. The van der Waals surface area contributed by atoms with Crippen LogP contribution in [0.1, 0.15) is 75.5 Å². The number of nitrogens with one attached hydrogen (secondary N) is 2. The van der Waals surface area contributed by atoms with Crippen molar-refractivity contribution in [3.05, 3.63) is 41.7 Å². The second-order valence-corrected chi connectivity index (χ2v) is 10.7. The molecule has 1 saturated carbocycles. The van der Waals surface area contributed by atoms with Crippen molar-refractivity contribution in [2.24, 2.45) is 0 Å². The number of amides is 1. The number of piperidine rings is 2. The van der Waals surface area contributed by atoms with Gasteiger partial charge in [0, 0.05) is 24.3 Å². The van der Waals surface area contributed by atoms with E-state index in [0.717, 1.165) is 31.1 Å². The molecule has 37 heavy (non-hydrogen) atoms. The van der Waals surface area contributed by atoms with Crippen molar-refractivity contribution in [3.8, 4) is 6.07 Å². The van der Waals surface area contributed by atoms with E-state index >= 15 is 0 Å². The lowest BCUT2D eigenvalue weighted by molar-refractivity contribution is 0.154. The number of carboxylic acid groups (broad SMARTS) is 1. The molecular formula is C28H37N7O2. The summed E-state index contributed by atoms with van der Waals surface area (Å²) in [5.41, 5.74) is 2.47. The SMILES string of the molecule is C[C@@H]1[C@H](NC(=O)O)CCCN1c1cnc(C#N)c(Nc2ccc(C3CCN(C4CCCC4)CC3)cc2)n1. The molecule has 3 fully saturated rings. The summed E-state index contributed by atoms with van der Waals surface area (Å²) in [6, 6.07) is 11.2. The van der Waals surface area contributed by atoms with Crippen molar-refractivity contribution < 1.29 is 9.90 Å². The fourth-order valence-corrected chi connectivity index (χ4v) is 6.35. The molecule has 196 valence electrons. The number of hydrogen-bond acceptors (Lipinski definition) is 7. The average Bonchev–Trinajstić information content (AvgIpc) is 3.45. The second-order valence-electron chi connectivity index (χ2n) is 10.7. The van der Waals surface area contributed by atoms with Gasteiger partial charge in [0.15, 0.2) is 11.5 Å². The lowest BCUT2D eigenvalue weighted by atomic mass is 9.88. The van der Waals surface area contributed by atoms with Gasteiger partial charge in [-0.15, -0.1) is 0 Å². The molecule has 0 unspecified atom stereocenters. The van der Waals surface area contributed by atoms with Gasteiger partial charge in [-0.1, -0.05) is 25.0 Å². The van der Waals surface area contributed by atoms with E-state index in [2.05, 4.69) is 55.8 Å². The molecule has 5 rings (SSSR count). The van der Waals surface area contributed by atoms with Crippen LogP contribution < -0.4 is 15.5 Å². The van der Waals surface area contributed by atoms with Gasteiger partial charge in [0.05, 0.1) is 12.2 Å². The number of carbonyl (C=O) groups is 1. The first-order chi connectivity index (χ1) is 18.0. The molecule has 1 aliphatic carbocycles. The van der Waals surface area contributed by atoms with E-state index in [1.807, 2.05) is 6.92 Å². The third kappa shape index (κ3) is 5.80. The van der Waals surface area contributed by atoms with Gasteiger partial charge in [-0.05, 0) is 82.2 Å². The maximum atomic E-state index is 11.2. The maximum Gasteiger partial charge on any atom is 0.404 e. The van der Waals surface area contributed by atoms with Crippen LogP contribution in [0.5, 0.6) is 0 Å². The number of aromatic nitrogens is 2. The first kappa shape index (κ1) is 25.3. The fraction of sp³-hybridized carbons (Fsp3) is 0.571. The zero-order valence-corrected chi connectivity index (χ0v) is 21.6. The van der Waals surface area contributed by atoms with E-state index in [1.165, 1.54) is 57.2 Å². The lowest BCUT2D eigenvalue weighted by Crippen LogP contribution is -2.54. The zero-order chi connectivity index (χ0) is 25.8. The Morgan fingerprint density at radius 2 is 1.78 bits per heavy atom. The Morgan fingerprint density at radius 3 is 2.46 bits per heavy atom. The summed E-state index contributed by atoms with van der Waals surface area (Å²) in [6.45, 7) is 5.14. The maximum absolute atomic E-state index is 11.2. The number of anilines is 3. The average molecular weight is 504 g/mol. The van der Waals surface area contributed by atoms with Gasteiger partial charge in [-0.2, -0.15) is 5.26 Å². The summed E-state index contributed by atoms with van der Waals surface area (Å²) < 4.78 is 0. The van der Waals surface area contributed by atoms with E-state index in [0.29, 0.717) is 17.6 Å². The first-order valence-corrected chi connectivity index (χ1v) is 13.7. The molecule has 2 aliphatic heterocycles. The largest absolute Gasteiger partial charge is 0.465 e. The van der Waals surface area contributed by atoms with Crippen LogP contribution in [0, 0.1) is 11.3 Å². The third-order valence-corrected chi connectivity index (χ3v) is 8.47. The van der Waals surface area contributed by atoms with Crippen molar-refractivity contribution in [2.45, 2.75) is 82.3 Å². The van der Waals surface area contributed by atoms with Crippen molar-refractivity contribution in [2.75, 3.05) is 29.9 Å². The van der Waals surface area contributed by atoms with Gasteiger partial charge < -0.3 is 25.5 Å². The number of likely N-dealkylation sites (tertiary alicyclic amines) is 1. The van der Waals surface area contributed by atoms with Crippen LogP contribution in [0.15, 0.2) is 30.5 Å². The predicted molar refractivity (Wildman–Crippen MR) is 143 cm³/mol. The highest BCUT2D eigenvalue weighted by molar-refractivity contribution is 5.65. The smallest absolute Gasteiger partial charge is 0.404 e. The topological polar surface area (TPSA) is 117 Å². The van der Waals surface area contributed by atoms with E-state index in [1.54, 1.807) is 6.20 Å². The molecule has 2 aromatic rings. The summed E-state index contributed by atoms with van der Waals surface area (Å²) in [6.07, 6.45) is 10.2. The van der Waals surface area contributed by atoms with Gasteiger partial charge in [-0.25, -0.2) is 14.8 Å². The summed E-state index contributed by atoms with van der Waals surface area (Å²) in [4.78, 5) is 25.0. The Labute approximate surface area is 218 Å². The van der Waals surface area contributed by atoms with E-state index in [4.69, 9.17) is 4.98 Å². The molecule has 9 heteroatoms. The van der Waals surface area contributed by atoms with Crippen molar-refractivity contribution in [1.29, 1.82) is 5.26 Å². The summed E-state index contributed by atoms with van der Waals surface area (Å²) >= 11 is 0. The second kappa shape index (κ2) is 11.3. The van der Waals surface area contributed by atoms with E-state index in [-0.39, 0.29) is 17.8 Å². The Balaban J connectivity index is 1.25. The third-order valence-electron chi connectivity index (χ3n) is 8.47. The Morgan fingerprint density at radius 1 is 1.05 bits per heavy atom. The Kier molecular flexibility index (Phi) is 7.75. The molecule has 0 spiro atoms. The summed E-state index contributed by atoms with van der Waals surface area (Å²) in [7, 11) is 0. The van der Waals surface area contributed by atoms with Gasteiger partial charge in [0.25, 0.3) is 0 Å². The molecule has 2 saturated heterocycles. The summed E-state index contributed by atoms with van der Waals surface area (Å²) in [5.74, 6) is 1.65. The molecule has 1 aromatic carbocycles. The Bertz CT molecular complexity index is 1120. The minimum atomic E-state index is -1.02. The van der Waals surface area contributed by atoms with Crippen LogP contribution >= 0.6 is 0 Å². The fourth-order valence-electron chi connectivity index (χ4n) is 6.35. The number of nitriles is 1. The van der Waals surface area contributed by atoms with Gasteiger partial charge in [0.2, 0.25) is 0 Å². The highest BCUT2D eigenvalue weighted by atomic mass is 16.4. The molecule has 1 amide bonds. The van der Waals surface area contributed by atoms with Gasteiger partial charge >= 0.3 is 6.09 Å². The number of benzene rings is 1. The molecule has 0 bridgehead atoms. The number of nitrogens with zero attached hydrogens (tertiary/aromatic N) is 5. The predicted octanol–water partition coefficient (Wildman–Crippen LogP) is 4.84. The molecule has 3 aliphatic rings. The van der Waals surface area contributed by atoms with Crippen LogP contribution in [0.4, 0.5) is 22.1 Å². The molecule has 2 atom stereocenters. The van der Waals surface area contributed by atoms with E-state index in [9.17, 15) is 15.2 Å². The first-order valence-electron chi connectivity index (χ1n) is 13.7. The van der Waals surface area contributed by atoms with Crippen LogP contribution in [0.25, 0.3) is 0 Å². The number of rotatable bonds is 6. The normalized spacial score (nSPS) is 23.5. The monoisotopic (exact) mass is 503 g/mol. The molecule has 1 aromatic heterocycles. The highest BCUT2D eigenvalue weighted by Gasteiger charge is 2.31. The molecule has 3 N–H and O–H groups in total.